The van der Waals surface area contributed by atoms with Crippen molar-refractivity contribution in [3.8, 4) is 0 Å². The molecule has 6 heteroatoms. The summed E-state index contributed by atoms with van der Waals surface area (Å²) in [6, 6.07) is 7.37. The quantitative estimate of drug-likeness (QED) is 0.871. The number of thiazole rings is 1. The van der Waals surface area contributed by atoms with Gasteiger partial charge in [0.2, 0.25) is 5.91 Å². The smallest absolute Gasteiger partial charge is 0.246 e. The van der Waals surface area contributed by atoms with Gasteiger partial charge in [0.15, 0.2) is 0 Å². The van der Waals surface area contributed by atoms with Gasteiger partial charge in [-0.15, -0.1) is 11.3 Å². The number of carbonyl (C=O) groups excluding carboxylic acids is 1. The molecular formula is C16H19ClN2O2S. The van der Waals surface area contributed by atoms with Crippen molar-refractivity contribution in [2.24, 2.45) is 0 Å². The molecule has 0 aliphatic carbocycles. The molecule has 1 amide bonds. The van der Waals surface area contributed by atoms with Crippen LogP contribution in [-0.2, 0) is 16.1 Å². The molecule has 2 aromatic rings. The molecule has 118 valence electrons. The maximum atomic E-state index is 11.9. The summed E-state index contributed by atoms with van der Waals surface area (Å²) in [6.07, 6.45) is 0. The number of benzene rings is 1. The zero-order valence-corrected chi connectivity index (χ0v) is 14.4. The number of aromatic nitrogens is 1. The van der Waals surface area contributed by atoms with Crippen LogP contribution in [0.5, 0.6) is 0 Å². The van der Waals surface area contributed by atoms with Crippen LogP contribution in [-0.4, -0.2) is 17.5 Å². The Hall–Kier alpha value is -1.43. The second-order valence-corrected chi connectivity index (χ2v) is 6.70. The number of rotatable bonds is 6. The summed E-state index contributed by atoms with van der Waals surface area (Å²) in [5, 5.41) is 4.57. The molecule has 4 nitrogen and oxygen atoms in total. The van der Waals surface area contributed by atoms with Gasteiger partial charge in [-0.3, -0.25) is 4.79 Å². The third-order valence-corrected chi connectivity index (χ3v) is 4.78. The van der Waals surface area contributed by atoms with Crippen molar-refractivity contribution < 1.29 is 9.53 Å². The molecule has 0 saturated carbocycles. The summed E-state index contributed by atoms with van der Waals surface area (Å²) < 4.78 is 5.43. The summed E-state index contributed by atoms with van der Waals surface area (Å²) in [5.74, 6) is -0.148. The highest BCUT2D eigenvalue weighted by atomic mass is 35.5. The zero-order valence-electron chi connectivity index (χ0n) is 12.9. The van der Waals surface area contributed by atoms with E-state index in [1.165, 1.54) is 0 Å². The van der Waals surface area contributed by atoms with Gasteiger partial charge < -0.3 is 10.1 Å². The van der Waals surface area contributed by atoms with E-state index in [4.69, 9.17) is 16.3 Å². The minimum absolute atomic E-state index is 0.00635. The predicted octanol–water partition coefficient (Wildman–Crippen LogP) is 3.81. The Kier molecular flexibility index (Phi) is 5.94. The number of amides is 1. The number of hydrogen-bond acceptors (Lipinski definition) is 4. The molecule has 1 aromatic heterocycles. The minimum atomic E-state index is -0.148. The Bertz CT molecular complexity index is 657. The van der Waals surface area contributed by atoms with Crippen LogP contribution in [0.3, 0.4) is 0 Å². The maximum Gasteiger partial charge on any atom is 0.246 e. The van der Waals surface area contributed by atoms with Crippen molar-refractivity contribution >= 4 is 28.8 Å². The molecule has 0 unspecified atom stereocenters. The summed E-state index contributed by atoms with van der Waals surface area (Å²) >= 11 is 7.64. The molecule has 0 aliphatic heterocycles. The molecule has 1 atom stereocenters. The summed E-state index contributed by atoms with van der Waals surface area (Å²) in [6.45, 7) is 6.19. The third kappa shape index (κ3) is 4.53. The van der Waals surface area contributed by atoms with E-state index in [-0.39, 0.29) is 18.6 Å². The standard InChI is InChI=1S/C16H19ClN2O2S/c1-10-16(22-12(3)18-10)11(2)19-15(20)9-21-8-13-6-4-5-7-14(13)17/h4-7,11H,8-9H2,1-3H3,(H,19,20)/t11-/m0/s1. The fraction of sp³-hybridized carbons (Fsp3) is 0.375. The average Bonchev–Trinajstić information content (AvgIpc) is 2.80. The molecular weight excluding hydrogens is 320 g/mol. The van der Waals surface area contributed by atoms with Gasteiger partial charge in [-0.05, 0) is 32.4 Å². The summed E-state index contributed by atoms with van der Waals surface area (Å²) in [7, 11) is 0. The van der Waals surface area contributed by atoms with Gasteiger partial charge in [0.05, 0.1) is 23.4 Å². The Labute approximate surface area is 139 Å². The minimum Gasteiger partial charge on any atom is -0.367 e. The van der Waals surface area contributed by atoms with Crippen molar-refractivity contribution in [3.05, 3.63) is 50.4 Å². The lowest BCUT2D eigenvalue weighted by Gasteiger charge is -2.13. The highest BCUT2D eigenvalue weighted by Gasteiger charge is 2.15. The fourth-order valence-corrected chi connectivity index (χ4v) is 3.29. The van der Waals surface area contributed by atoms with Crippen LogP contribution in [0.4, 0.5) is 0 Å². The van der Waals surface area contributed by atoms with Gasteiger partial charge in [0.1, 0.15) is 6.61 Å². The van der Waals surface area contributed by atoms with Crippen molar-refractivity contribution in [2.75, 3.05) is 6.61 Å². The number of nitrogens with zero attached hydrogens (tertiary/aromatic N) is 1. The lowest BCUT2D eigenvalue weighted by Crippen LogP contribution is -2.30. The SMILES string of the molecule is Cc1nc(C)c([C@H](C)NC(=O)COCc2ccccc2Cl)s1. The maximum absolute atomic E-state index is 11.9. The molecule has 0 saturated heterocycles. The normalized spacial score (nSPS) is 12.2. The molecule has 1 N–H and O–H groups in total. The van der Waals surface area contributed by atoms with Crippen molar-refractivity contribution in [1.82, 2.24) is 10.3 Å². The lowest BCUT2D eigenvalue weighted by molar-refractivity contribution is -0.126. The molecule has 1 aromatic carbocycles. The van der Waals surface area contributed by atoms with Crippen LogP contribution in [0.25, 0.3) is 0 Å². The van der Waals surface area contributed by atoms with Crippen LogP contribution < -0.4 is 5.32 Å². The van der Waals surface area contributed by atoms with Crippen LogP contribution in [0.1, 0.15) is 34.1 Å². The van der Waals surface area contributed by atoms with E-state index in [2.05, 4.69) is 10.3 Å². The molecule has 0 aliphatic rings. The van der Waals surface area contributed by atoms with E-state index in [1.807, 2.05) is 39.0 Å². The third-order valence-electron chi connectivity index (χ3n) is 3.16. The predicted molar refractivity (Wildman–Crippen MR) is 89.3 cm³/mol. The van der Waals surface area contributed by atoms with Gasteiger partial charge in [0.25, 0.3) is 0 Å². The van der Waals surface area contributed by atoms with E-state index in [0.717, 1.165) is 21.1 Å². The highest BCUT2D eigenvalue weighted by molar-refractivity contribution is 7.11. The summed E-state index contributed by atoms with van der Waals surface area (Å²) in [4.78, 5) is 17.4. The molecule has 2 rings (SSSR count). The number of nitrogens with one attached hydrogen (secondary N) is 1. The van der Waals surface area contributed by atoms with Crippen LogP contribution >= 0.6 is 22.9 Å². The van der Waals surface area contributed by atoms with E-state index < -0.39 is 0 Å². The van der Waals surface area contributed by atoms with E-state index >= 15 is 0 Å². The van der Waals surface area contributed by atoms with E-state index in [1.54, 1.807) is 17.4 Å². The van der Waals surface area contributed by atoms with Crippen LogP contribution in [0, 0.1) is 13.8 Å². The average molecular weight is 339 g/mol. The number of carbonyl (C=O) groups is 1. The Morgan fingerprint density at radius 1 is 1.41 bits per heavy atom. The van der Waals surface area contributed by atoms with Gasteiger partial charge in [-0.25, -0.2) is 4.98 Å². The van der Waals surface area contributed by atoms with E-state index in [0.29, 0.717) is 11.6 Å². The van der Waals surface area contributed by atoms with E-state index in [9.17, 15) is 4.79 Å². The number of aryl methyl sites for hydroxylation is 2. The molecule has 0 bridgehead atoms. The van der Waals surface area contributed by atoms with Gasteiger partial charge in [0, 0.05) is 9.90 Å². The molecule has 22 heavy (non-hydrogen) atoms. The first kappa shape index (κ1) is 16.9. The topological polar surface area (TPSA) is 51.2 Å². The second kappa shape index (κ2) is 7.72. The molecule has 0 fully saturated rings. The van der Waals surface area contributed by atoms with Gasteiger partial charge in [-0.1, -0.05) is 29.8 Å². The van der Waals surface area contributed by atoms with Crippen molar-refractivity contribution in [2.45, 2.75) is 33.4 Å². The second-order valence-electron chi connectivity index (χ2n) is 5.06. The zero-order chi connectivity index (χ0) is 16.1. The Balaban J connectivity index is 1.81. The first-order chi connectivity index (χ1) is 10.5. The van der Waals surface area contributed by atoms with Crippen LogP contribution in [0.15, 0.2) is 24.3 Å². The summed E-state index contributed by atoms with van der Waals surface area (Å²) in [5.41, 5.74) is 1.84. The number of halogens is 1. The fourth-order valence-electron chi connectivity index (χ4n) is 2.17. The lowest BCUT2D eigenvalue weighted by atomic mass is 10.2. The monoisotopic (exact) mass is 338 g/mol. The first-order valence-corrected chi connectivity index (χ1v) is 8.21. The highest BCUT2D eigenvalue weighted by Crippen LogP contribution is 2.24. The number of ether oxygens (including phenoxy) is 1. The first-order valence-electron chi connectivity index (χ1n) is 7.02. The largest absolute Gasteiger partial charge is 0.367 e. The van der Waals surface area contributed by atoms with Crippen molar-refractivity contribution in [3.63, 3.8) is 0 Å². The molecule has 0 radical (unpaired) electrons. The van der Waals surface area contributed by atoms with Gasteiger partial charge >= 0.3 is 0 Å². The van der Waals surface area contributed by atoms with Crippen molar-refractivity contribution in [1.29, 1.82) is 0 Å². The van der Waals surface area contributed by atoms with Crippen LogP contribution in [0.2, 0.25) is 5.02 Å². The Morgan fingerprint density at radius 2 is 2.14 bits per heavy atom. The molecule has 1 heterocycles. The number of hydrogen-bond donors (Lipinski definition) is 1. The Morgan fingerprint density at radius 3 is 2.77 bits per heavy atom. The van der Waals surface area contributed by atoms with Gasteiger partial charge in [-0.2, -0.15) is 0 Å². The molecule has 0 spiro atoms.